The van der Waals surface area contributed by atoms with E-state index in [4.69, 9.17) is 4.74 Å². The van der Waals surface area contributed by atoms with Gasteiger partial charge >= 0.3 is 0 Å². The summed E-state index contributed by atoms with van der Waals surface area (Å²) in [4.78, 5) is 175. The van der Waals surface area contributed by atoms with Crippen LogP contribution in [0.4, 0.5) is 0 Å². The number of Topliss-reactive ketones (excluding diaryl/α,β-unsaturated/α-hetero) is 3. The van der Waals surface area contributed by atoms with E-state index in [9.17, 15) is 24.3 Å². The van der Waals surface area contributed by atoms with E-state index in [2.05, 4.69) is 10.2 Å². The van der Waals surface area contributed by atoms with Gasteiger partial charge in [0.2, 0.25) is 47.3 Å². The van der Waals surface area contributed by atoms with Crippen LogP contribution in [0, 0.1) is 64.6 Å². The minimum atomic E-state index is -1.61. The highest BCUT2D eigenvalue weighted by molar-refractivity contribution is 6.00. The van der Waals surface area contributed by atoms with Gasteiger partial charge < -0.3 is 54.4 Å². The topological polar surface area (TPSA) is 255 Å². The van der Waals surface area contributed by atoms with Crippen molar-refractivity contribution in [3.63, 3.8) is 0 Å². The minimum absolute atomic E-state index is 0.0248. The Kier molecular flexibility index (Phi) is 30.9. The van der Waals surface area contributed by atoms with Gasteiger partial charge in [0, 0.05) is 111 Å². The van der Waals surface area contributed by atoms with Gasteiger partial charge in [-0.05, 0) is 87.4 Å². The first-order valence-corrected chi connectivity index (χ1v) is 34.0. The molecule has 3 rings (SSSR count). The molecule has 0 aliphatic carbocycles. The van der Waals surface area contributed by atoms with Crippen LogP contribution in [-0.4, -0.2) is 246 Å². The number of ether oxygens (including phenoxy) is 1. The molecule has 3 aliphatic heterocycles. The van der Waals surface area contributed by atoms with Crippen LogP contribution >= 0.6 is 0 Å². The highest BCUT2D eigenvalue weighted by atomic mass is 16.5. The van der Waals surface area contributed by atoms with E-state index in [0.717, 1.165) is 18.0 Å². The van der Waals surface area contributed by atoms with Gasteiger partial charge in [-0.2, -0.15) is 0 Å². The maximum Gasteiger partial charge on any atom is 0.246 e. The number of amides is 8. The van der Waals surface area contributed by atoms with Crippen molar-refractivity contribution in [1.82, 2.24) is 44.5 Å². The van der Waals surface area contributed by atoms with Gasteiger partial charge in [-0.15, -0.1) is 0 Å². The summed E-state index contributed by atoms with van der Waals surface area (Å²) in [5, 5.41) is 15.0. The summed E-state index contributed by atoms with van der Waals surface area (Å²) in [5.74, 6) is -11.1. The van der Waals surface area contributed by atoms with Crippen LogP contribution in [0.1, 0.15) is 169 Å². The normalized spacial score (nSPS) is 29.3. The molecule has 8 amide bonds. The van der Waals surface area contributed by atoms with Crippen LogP contribution in [0.5, 0.6) is 0 Å². The zero-order chi connectivity index (χ0) is 70.5. The van der Waals surface area contributed by atoms with Crippen molar-refractivity contribution >= 4 is 64.6 Å². The molecule has 22 heteroatoms. The van der Waals surface area contributed by atoms with Crippen LogP contribution in [0.2, 0.25) is 0 Å². The van der Waals surface area contributed by atoms with Gasteiger partial charge in [0.1, 0.15) is 42.0 Å². The number of aliphatic hydroxyl groups is 1. The summed E-state index contributed by atoms with van der Waals surface area (Å²) in [6.07, 6.45) is 2.31. The zero-order valence-electron chi connectivity index (χ0n) is 60.7. The van der Waals surface area contributed by atoms with Gasteiger partial charge in [0.25, 0.3) is 0 Å². The fourth-order valence-corrected chi connectivity index (χ4v) is 13.7. The standard InChI is InChI=1S/C70H121N9O13/c1-25-27-28-45(13)61(83)60-62(84)71-51(26-2)66(88)72(18)49(17)64(86)77(23)59(48(16)35-79-36-70(37-79)38-92-39-70)57(82)34-50(43(9)10)65(87)73(19)52(29-40(3)4)56(81)32-46(14)55(80)33-47(15)63(85)74(20)53(30-41(5)6)67(89)75(21)54(31-42(7)8)68(90)76(22)58(44(11)12)69(91)78(60)24/h25,27,40-54,58-61,83H,26,28-39H2,1-24H3,(H,71,84)/b27-25+/t45-,46-,47+,48-,49-,50+,51+,52+,53+,54+,58+,59+,60+,61-/m1/s1. The first kappa shape index (κ1) is 80.6. The smallest absolute Gasteiger partial charge is 0.246 e. The second-order valence-electron chi connectivity index (χ2n) is 29.9. The minimum Gasteiger partial charge on any atom is -0.390 e. The Balaban J connectivity index is 2.33. The Morgan fingerprint density at radius 2 is 0.989 bits per heavy atom. The van der Waals surface area contributed by atoms with E-state index in [1.807, 2.05) is 75.3 Å². The van der Waals surface area contributed by atoms with Crippen molar-refractivity contribution in [2.24, 2.45) is 64.6 Å². The molecule has 3 saturated heterocycles. The molecule has 0 aromatic heterocycles. The average molecular weight is 1300 g/mol. The number of carbonyl (C=O) groups excluding carboxylic acids is 11. The summed E-state index contributed by atoms with van der Waals surface area (Å²) in [5.41, 5.74) is 0.0497. The molecule has 0 aromatic carbocycles. The molecule has 0 bridgehead atoms. The van der Waals surface area contributed by atoms with Crippen LogP contribution < -0.4 is 5.32 Å². The lowest BCUT2D eigenvalue weighted by Crippen LogP contribution is -2.67. The maximum atomic E-state index is 15.3. The van der Waals surface area contributed by atoms with Crippen LogP contribution in [0.3, 0.4) is 0 Å². The van der Waals surface area contributed by atoms with E-state index in [1.54, 1.807) is 54.7 Å². The number of likely N-dealkylation sites (tertiary alicyclic amines) is 1. The van der Waals surface area contributed by atoms with Crippen molar-refractivity contribution in [2.45, 2.75) is 224 Å². The highest BCUT2D eigenvalue weighted by Crippen LogP contribution is 2.39. The molecule has 0 radical (unpaired) electrons. The second-order valence-corrected chi connectivity index (χ2v) is 29.9. The largest absolute Gasteiger partial charge is 0.390 e. The third-order valence-electron chi connectivity index (χ3n) is 19.8. The van der Waals surface area contributed by atoms with E-state index in [1.165, 1.54) is 78.6 Å². The summed E-state index contributed by atoms with van der Waals surface area (Å²) in [7, 11) is 10.3. The number of rotatable bonds is 16. The first-order chi connectivity index (χ1) is 42.6. The second kappa shape index (κ2) is 35.2. The lowest BCUT2D eigenvalue weighted by Gasteiger charge is -2.56. The Morgan fingerprint density at radius 3 is 1.46 bits per heavy atom. The van der Waals surface area contributed by atoms with Crippen molar-refractivity contribution in [1.29, 1.82) is 0 Å². The molecule has 22 nitrogen and oxygen atoms in total. The number of likely N-dealkylation sites (N-methyl/N-ethyl adjacent to an activating group) is 7. The molecule has 0 unspecified atom stereocenters. The van der Waals surface area contributed by atoms with Crippen LogP contribution in [0.15, 0.2) is 12.2 Å². The van der Waals surface area contributed by atoms with Gasteiger partial charge in [-0.25, -0.2) is 0 Å². The van der Waals surface area contributed by atoms with E-state index >= 15 is 33.6 Å². The lowest BCUT2D eigenvalue weighted by atomic mass is 9.77. The molecule has 14 atom stereocenters. The highest BCUT2D eigenvalue weighted by Gasteiger charge is 2.51. The number of aliphatic hydroxyl groups excluding tert-OH is 1. The molecule has 0 aromatic rings. The molecule has 2 N–H and O–H groups in total. The monoisotopic (exact) mass is 1300 g/mol. The fourth-order valence-electron chi connectivity index (χ4n) is 13.7. The number of nitrogens with one attached hydrogen (secondary N) is 1. The number of allylic oxidation sites excluding steroid dienone is 2. The summed E-state index contributed by atoms with van der Waals surface area (Å²) in [6.45, 7) is 33.6. The SMILES string of the molecule is C/C=C/C[C@@H](C)[C@@H](O)[C@H]1C(=O)N[C@@H](CC)C(=O)N(C)[C@H](C)C(=O)N(C)[C@@H]([C@H](C)CN2CC3(COC3)C2)C(=O)C[C@@H](C(C)C)C(=O)N(C)[C@@H](CC(C)C)C(=O)C[C@@H](C)C(=O)C[C@H](C)C(=O)N(C)[C@@H](CC(C)C)C(=O)N(C)[C@@H](CC(C)C)C(=O)N(C)[C@@H](C(C)C)C(=O)N1C. The molecular formula is C70H121N9O13. The van der Waals surface area contributed by atoms with Crippen molar-refractivity contribution < 1.29 is 62.6 Å². The maximum absolute atomic E-state index is 15.3. The molecule has 3 aliphatic rings. The Labute approximate surface area is 552 Å². The first-order valence-electron chi connectivity index (χ1n) is 34.0. The molecule has 92 heavy (non-hydrogen) atoms. The molecule has 3 heterocycles. The van der Waals surface area contributed by atoms with Crippen molar-refractivity contribution in [2.75, 3.05) is 82.2 Å². The van der Waals surface area contributed by atoms with Crippen LogP contribution in [-0.2, 0) is 57.5 Å². The Morgan fingerprint density at radius 1 is 0.522 bits per heavy atom. The van der Waals surface area contributed by atoms with Gasteiger partial charge in [0.05, 0.1) is 31.4 Å². The fraction of sp³-hybridized carbons (Fsp3) is 0.814. The number of carbonyl (C=O) groups is 11. The number of hydrogen-bond acceptors (Lipinski definition) is 14. The van der Waals surface area contributed by atoms with Gasteiger partial charge in [-0.1, -0.05) is 116 Å². The van der Waals surface area contributed by atoms with E-state index in [-0.39, 0.29) is 85.5 Å². The van der Waals surface area contributed by atoms with E-state index < -0.39 is 143 Å². The molecule has 1 spiro atoms. The Bertz CT molecular complexity index is 2590. The van der Waals surface area contributed by atoms with Crippen LogP contribution in [0.25, 0.3) is 0 Å². The summed E-state index contributed by atoms with van der Waals surface area (Å²) < 4.78 is 5.53. The predicted molar refractivity (Wildman–Crippen MR) is 356 cm³/mol. The lowest BCUT2D eigenvalue weighted by molar-refractivity contribution is -0.192. The Hall–Kier alpha value is -5.61. The van der Waals surface area contributed by atoms with Crippen molar-refractivity contribution in [3.8, 4) is 0 Å². The zero-order valence-corrected chi connectivity index (χ0v) is 60.7. The average Bonchev–Trinajstić information content (AvgIpc) is 0.772. The summed E-state index contributed by atoms with van der Waals surface area (Å²) in [6, 6.07) is -9.62. The molecular weight excluding hydrogens is 1170 g/mol. The van der Waals surface area contributed by atoms with E-state index in [0.29, 0.717) is 26.2 Å². The number of hydrogen-bond donors (Lipinski definition) is 2. The number of ketones is 3. The molecule has 524 valence electrons. The molecule has 0 saturated carbocycles. The number of nitrogens with zero attached hydrogens (tertiary/aromatic N) is 8. The van der Waals surface area contributed by atoms with Gasteiger partial charge in [0.15, 0.2) is 11.6 Å². The quantitative estimate of drug-likeness (QED) is 0.172. The van der Waals surface area contributed by atoms with Crippen molar-refractivity contribution in [3.05, 3.63) is 12.2 Å². The third kappa shape index (κ3) is 20.2. The summed E-state index contributed by atoms with van der Waals surface area (Å²) >= 11 is 0. The molecule has 3 fully saturated rings. The predicted octanol–water partition coefficient (Wildman–Crippen LogP) is 5.85. The van der Waals surface area contributed by atoms with Gasteiger partial charge in [-0.3, -0.25) is 52.7 Å². The third-order valence-corrected chi connectivity index (χ3v) is 19.8.